The van der Waals surface area contributed by atoms with Crippen LogP contribution in [0.5, 0.6) is 0 Å². The molecule has 0 aromatic rings. The Morgan fingerprint density at radius 1 is 0.878 bits per heavy atom. The molecule has 8 heteroatoms. The standard InChI is InChI=1S/C33H54N6O2/c1-2-29(40)38-19-16-23(17-20-38)10-15-28-30(24-11-13-27(14-12-24)41-26-8-4-3-5-9-26)31-32(34)36-22-37-33(31)39(28)25-7-6-18-35-21-25/h2,23-28,30-33,35-37H,1,3-9,11-14,16-22,34H2. The van der Waals surface area contributed by atoms with Crippen molar-refractivity contribution in [3.63, 3.8) is 0 Å². The third-order valence-corrected chi connectivity index (χ3v) is 11.2. The van der Waals surface area contributed by atoms with Crippen molar-refractivity contribution >= 4 is 5.91 Å². The molecule has 0 spiro atoms. The maximum atomic E-state index is 12.1. The fraction of sp³-hybridized carbons (Fsp3) is 0.848. The number of likely N-dealkylation sites (tertiary alicyclic amines) is 2. The minimum Gasteiger partial charge on any atom is -0.375 e. The average Bonchev–Trinajstić information content (AvgIpc) is 3.36. The van der Waals surface area contributed by atoms with E-state index >= 15 is 0 Å². The number of rotatable bonds is 5. The summed E-state index contributed by atoms with van der Waals surface area (Å²) in [4.78, 5) is 16.8. The molecular formula is C33H54N6O2. The monoisotopic (exact) mass is 566 g/mol. The quantitative estimate of drug-likeness (QED) is 0.300. The molecule has 6 aliphatic rings. The van der Waals surface area contributed by atoms with Crippen LogP contribution in [0.4, 0.5) is 0 Å². The smallest absolute Gasteiger partial charge is 0.245 e. The van der Waals surface area contributed by atoms with Crippen molar-refractivity contribution in [2.45, 2.75) is 120 Å². The maximum absolute atomic E-state index is 12.1. The lowest BCUT2D eigenvalue weighted by Crippen LogP contribution is -2.65. The van der Waals surface area contributed by atoms with Crippen molar-refractivity contribution in [1.29, 1.82) is 0 Å². The van der Waals surface area contributed by atoms with Crippen molar-refractivity contribution in [1.82, 2.24) is 25.8 Å². The molecular weight excluding hydrogens is 512 g/mol. The van der Waals surface area contributed by atoms with Gasteiger partial charge in [0.2, 0.25) is 5.91 Å². The van der Waals surface area contributed by atoms with Gasteiger partial charge < -0.3 is 20.7 Å². The van der Waals surface area contributed by atoms with Crippen molar-refractivity contribution in [2.24, 2.45) is 29.4 Å². The highest BCUT2D eigenvalue weighted by Gasteiger charge is 2.56. The molecule has 5 N–H and O–H groups in total. The molecule has 4 aliphatic heterocycles. The second-order valence-corrected chi connectivity index (χ2v) is 13.6. The first-order chi connectivity index (χ1) is 20.1. The van der Waals surface area contributed by atoms with Crippen LogP contribution in [0, 0.1) is 35.5 Å². The van der Waals surface area contributed by atoms with E-state index in [1.54, 1.807) is 0 Å². The molecule has 4 saturated heterocycles. The fourth-order valence-corrected chi connectivity index (χ4v) is 9.03. The van der Waals surface area contributed by atoms with Gasteiger partial charge in [0, 0.05) is 44.2 Å². The first-order valence-electron chi connectivity index (χ1n) is 16.9. The van der Waals surface area contributed by atoms with E-state index in [2.05, 4.69) is 39.3 Å². The van der Waals surface area contributed by atoms with Gasteiger partial charge in [0.1, 0.15) is 0 Å². The predicted octanol–water partition coefficient (Wildman–Crippen LogP) is 2.75. The molecule has 6 rings (SSSR count). The number of nitrogens with one attached hydrogen (secondary N) is 3. The number of fused-ring (bicyclic) bond motifs is 1. The van der Waals surface area contributed by atoms with Crippen LogP contribution in [0.1, 0.15) is 83.5 Å². The van der Waals surface area contributed by atoms with Gasteiger partial charge in [-0.15, -0.1) is 0 Å². The van der Waals surface area contributed by atoms with Crippen molar-refractivity contribution < 1.29 is 9.53 Å². The molecule has 228 valence electrons. The highest BCUT2D eigenvalue weighted by Crippen LogP contribution is 2.47. The Balaban J connectivity index is 1.21. The Labute approximate surface area is 247 Å². The molecule has 8 nitrogen and oxygen atoms in total. The van der Waals surface area contributed by atoms with E-state index in [1.807, 2.05) is 4.90 Å². The van der Waals surface area contributed by atoms with Crippen LogP contribution < -0.4 is 21.7 Å². The van der Waals surface area contributed by atoms with Gasteiger partial charge in [0.05, 0.1) is 30.6 Å². The van der Waals surface area contributed by atoms with E-state index < -0.39 is 0 Å². The van der Waals surface area contributed by atoms with Gasteiger partial charge in [0.25, 0.3) is 0 Å². The average molecular weight is 567 g/mol. The number of nitrogens with two attached hydrogens (primary N) is 1. The van der Waals surface area contributed by atoms with Gasteiger partial charge in [-0.1, -0.05) is 37.7 Å². The summed E-state index contributed by atoms with van der Waals surface area (Å²) in [5.74, 6) is 9.51. The van der Waals surface area contributed by atoms with Crippen LogP contribution in [0.25, 0.3) is 0 Å². The molecule has 0 aromatic carbocycles. The highest BCUT2D eigenvalue weighted by molar-refractivity contribution is 5.87. The Hall–Kier alpha value is -1.47. The minimum absolute atomic E-state index is 0.0125. The summed E-state index contributed by atoms with van der Waals surface area (Å²) in [5.41, 5.74) is 6.91. The van der Waals surface area contributed by atoms with Crippen LogP contribution in [-0.4, -0.2) is 85.2 Å². The van der Waals surface area contributed by atoms with Gasteiger partial charge in [-0.05, 0) is 88.7 Å². The molecule has 2 saturated carbocycles. The zero-order chi connectivity index (χ0) is 28.2. The summed E-state index contributed by atoms with van der Waals surface area (Å²) < 4.78 is 6.64. The summed E-state index contributed by atoms with van der Waals surface area (Å²) in [6, 6.07) is 0.693. The van der Waals surface area contributed by atoms with Gasteiger partial charge in [0.15, 0.2) is 0 Å². The lowest BCUT2D eigenvalue weighted by Gasteiger charge is -2.42. The first kappa shape index (κ1) is 29.6. The zero-order valence-corrected chi connectivity index (χ0v) is 25.1. The van der Waals surface area contributed by atoms with Crippen LogP contribution in [0.2, 0.25) is 0 Å². The number of carbonyl (C=O) groups excluding carboxylic acids is 1. The topological polar surface area (TPSA) is 94.9 Å². The molecule has 6 atom stereocenters. The normalized spacial score (nSPS) is 39.5. The number of piperidine rings is 2. The molecule has 0 radical (unpaired) electrons. The Morgan fingerprint density at radius 2 is 1.63 bits per heavy atom. The fourth-order valence-electron chi connectivity index (χ4n) is 9.03. The molecule has 41 heavy (non-hydrogen) atoms. The van der Waals surface area contributed by atoms with E-state index in [4.69, 9.17) is 10.5 Å². The largest absolute Gasteiger partial charge is 0.375 e. The Morgan fingerprint density at radius 3 is 2.34 bits per heavy atom. The van der Waals surface area contributed by atoms with E-state index in [9.17, 15) is 4.79 Å². The molecule has 4 heterocycles. The number of carbonyl (C=O) groups is 1. The van der Waals surface area contributed by atoms with Crippen LogP contribution >= 0.6 is 0 Å². The van der Waals surface area contributed by atoms with Crippen molar-refractivity contribution in [3.8, 4) is 11.8 Å². The van der Waals surface area contributed by atoms with Crippen LogP contribution in [0.15, 0.2) is 12.7 Å². The molecule has 2 aliphatic carbocycles. The number of ether oxygens (including phenoxy) is 1. The van der Waals surface area contributed by atoms with Gasteiger partial charge >= 0.3 is 0 Å². The minimum atomic E-state index is -0.0125. The van der Waals surface area contributed by atoms with E-state index in [-0.39, 0.29) is 24.3 Å². The third-order valence-electron chi connectivity index (χ3n) is 11.2. The number of nitrogens with zero attached hydrogens (tertiary/aromatic N) is 2. The molecule has 6 unspecified atom stereocenters. The second kappa shape index (κ2) is 13.9. The molecule has 1 amide bonds. The Kier molecular flexibility index (Phi) is 10.0. The lowest BCUT2D eigenvalue weighted by atomic mass is 9.70. The molecule has 0 aromatic heterocycles. The van der Waals surface area contributed by atoms with Gasteiger partial charge in [-0.3, -0.25) is 20.3 Å². The van der Waals surface area contributed by atoms with Gasteiger partial charge in [-0.2, -0.15) is 0 Å². The highest BCUT2D eigenvalue weighted by atomic mass is 16.5. The maximum Gasteiger partial charge on any atom is 0.245 e. The van der Waals surface area contributed by atoms with E-state index in [0.29, 0.717) is 41.9 Å². The summed E-state index contributed by atoms with van der Waals surface area (Å²) in [6.45, 7) is 8.12. The summed E-state index contributed by atoms with van der Waals surface area (Å²) in [6.07, 6.45) is 18.3. The summed E-state index contributed by atoms with van der Waals surface area (Å²) in [7, 11) is 0. The lowest BCUT2D eigenvalue weighted by molar-refractivity contribution is -0.127. The molecule has 6 fully saturated rings. The first-order valence-corrected chi connectivity index (χ1v) is 16.9. The van der Waals surface area contributed by atoms with Crippen molar-refractivity contribution in [2.75, 3.05) is 32.8 Å². The van der Waals surface area contributed by atoms with Gasteiger partial charge in [-0.25, -0.2) is 0 Å². The SMILES string of the molecule is C=CC(=O)N1CCC(C#CC2C(C3CCC(OC4CCCCC4)CC3)C3C(N)NCNC3N2C2CCCNC2)CC1. The van der Waals surface area contributed by atoms with E-state index in [0.717, 1.165) is 45.7 Å². The summed E-state index contributed by atoms with van der Waals surface area (Å²) in [5, 5.41) is 11.1. The summed E-state index contributed by atoms with van der Waals surface area (Å²) >= 11 is 0. The number of hydrogen-bond acceptors (Lipinski definition) is 7. The number of amides is 1. The van der Waals surface area contributed by atoms with Crippen LogP contribution in [-0.2, 0) is 9.53 Å². The molecule has 0 bridgehead atoms. The zero-order valence-electron chi connectivity index (χ0n) is 25.1. The predicted molar refractivity (Wildman–Crippen MR) is 162 cm³/mol. The second-order valence-electron chi connectivity index (χ2n) is 13.6. The van der Waals surface area contributed by atoms with Crippen LogP contribution in [0.3, 0.4) is 0 Å². The van der Waals surface area contributed by atoms with Crippen molar-refractivity contribution in [3.05, 3.63) is 12.7 Å². The number of hydrogen-bond donors (Lipinski definition) is 4. The Bertz CT molecular complexity index is 937. The van der Waals surface area contributed by atoms with E-state index in [1.165, 1.54) is 76.7 Å². The third kappa shape index (κ3) is 6.71.